The predicted molar refractivity (Wildman–Crippen MR) is 115 cm³/mol. The molecule has 0 saturated carbocycles. The third-order valence-corrected chi connectivity index (χ3v) is 6.49. The van der Waals surface area contributed by atoms with Crippen LogP contribution in [0.15, 0.2) is 42.5 Å². The number of aromatic amines is 1. The molecule has 5 heteroatoms. The van der Waals surface area contributed by atoms with E-state index in [9.17, 15) is 0 Å². The van der Waals surface area contributed by atoms with E-state index in [4.69, 9.17) is 4.74 Å². The van der Waals surface area contributed by atoms with Gasteiger partial charge in [0.15, 0.2) is 0 Å². The van der Waals surface area contributed by atoms with E-state index in [1.54, 1.807) is 12.2 Å². The third-order valence-electron chi connectivity index (χ3n) is 6.49. The van der Waals surface area contributed by atoms with Crippen LogP contribution in [0.2, 0.25) is 0 Å². The summed E-state index contributed by atoms with van der Waals surface area (Å²) >= 11 is 0. The normalized spacial score (nSPS) is 24.7. The molecule has 3 heterocycles. The second kappa shape index (κ2) is 7.64. The van der Waals surface area contributed by atoms with E-state index in [1.165, 1.54) is 12.1 Å². The van der Waals surface area contributed by atoms with E-state index in [1.807, 2.05) is 25.1 Å². The summed E-state index contributed by atoms with van der Waals surface area (Å²) in [5.41, 5.74) is 3.73. The Morgan fingerprint density at radius 2 is 1.93 bits per heavy atom. The molecule has 1 saturated heterocycles. The maximum Gasteiger partial charge on any atom is 0.131 e. The fraction of sp³-hybridized carbons (Fsp3) is 0.360. The Morgan fingerprint density at radius 1 is 1.17 bits per heavy atom. The first-order chi connectivity index (χ1) is 14.6. The van der Waals surface area contributed by atoms with Gasteiger partial charge in [-0.05, 0) is 56.0 Å². The van der Waals surface area contributed by atoms with Crippen molar-refractivity contribution < 1.29 is 13.5 Å². The van der Waals surface area contributed by atoms with Gasteiger partial charge in [-0.25, -0.2) is 8.78 Å². The molecule has 1 N–H and O–H groups in total. The summed E-state index contributed by atoms with van der Waals surface area (Å²) in [5.74, 6) is -1.01. The number of nitrogens with one attached hydrogen (secondary N) is 1. The molecule has 0 bridgehead atoms. The van der Waals surface area contributed by atoms with E-state index in [-0.39, 0.29) is 17.6 Å². The van der Waals surface area contributed by atoms with E-state index in [2.05, 4.69) is 22.9 Å². The molecule has 3 nitrogen and oxygen atoms in total. The zero-order chi connectivity index (χ0) is 20.8. The predicted octanol–water partition coefficient (Wildman–Crippen LogP) is 5.60. The Kier molecular flexibility index (Phi) is 4.95. The Hall–Kier alpha value is -2.50. The second-order valence-corrected chi connectivity index (χ2v) is 8.38. The molecule has 2 aliphatic heterocycles. The number of halogens is 2. The van der Waals surface area contributed by atoms with Crippen LogP contribution in [-0.4, -0.2) is 35.2 Å². The minimum absolute atomic E-state index is 0.120. The number of rotatable bonds is 3. The molecule has 30 heavy (non-hydrogen) atoms. The van der Waals surface area contributed by atoms with Crippen molar-refractivity contribution in [2.45, 2.75) is 44.8 Å². The van der Waals surface area contributed by atoms with Crippen LogP contribution in [0.3, 0.4) is 0 Å². The van der Waals surface area contributed by atoms with Crippen molar-refractivity contribution in [1.82, 2.24) is 9.88 Å². The molecule has 0 aliphatic carbocycles. The molecule has 1 fully saturated rings. The van der Waals surface area contributed by atoms with Gasteiger partial charge in [0.1, 0.15) is 11.6 Å². The lowest BCUT2D eigenvalue weighted by atomic mass is 9.86. The highest BCUT2D eigenvalue weighted by Crippen LogP contribution is 2.44. The topological polar surface area (TPSA) is 28.3 Å². The highest BCUT2D eigenvalue weighted by molar-refractivity contribution is 5.85. The molecule has 0 radical (unpaired) electrons. The SMILES string of the molecule is C/C=C/c1cc(F)c([C@@H]2c3[nH]c4ccccc4c3C[C@@H](C)N2[C@@H]2CCOC2)c(F)c1. The Balaban J connectivity index is 1.74. The maximum absolute atomic E-state index is 15.4. The highest BCUT2D eigenvalue weighted by atomic mass is 19.1. The van der Waals surface area contributed by atoms with Gasteiger partial charge in [0.25, 0.3) is 0 Å². The summed E-state index contributed by atoms with van der Waals surface area (Å²) in [6.07, 6.45) is 5.22. The fourth-order valence-electron chi connectivity index (χ4n) is 5.25. The van der Waals surface area contributed by atoms with E-state index < -0.39 is 17.7 Å². The molecular formula is C25H26F2N2O. The maximum atomic E-state index is 15.4. The molecule has 0 unspecified atom stereocenters. The number of allylic oxidation sites excluding steroid dienone is 1. The molecule has 156 valence electrons. The number of H-pyrrole nitrogens is 1. The van der Waals surface area contributed by atoms with Gasteiger partial charge in [-0.3, -0.25) is 4.90 Å². The van der Waals surface area contributed by atoms with Gasteiger partial charge in [-0.15, -0.1) is 0 Å². The molecule has 5 rings (SSSR count). The third kappa shape index (κ3) is 3.08. The minimum atomic E-state index is -0.512. The summed E-state index contributed by atoms with van der Waals surface area (Å²) in [6.45, 7) is 5.27. The molecule has 0 spiro atoms. The average Bonchev–Trinajstić information content (AvgIpc) is 3.36. The monoisotopic (exact) mass is 408 g/mol. The van der Waals surface area contributed by atoms with Crippen LogP contribution >= 0.6 is 0 Å². The van der Waals surface area contributed by atoms with Gasteiger partial charge in [0.05, 0.1) is 12.6 Å². The largest absolute Gasteiger partial charge is 0.380 e. The van der Waals surface area contributed by atoms with Crippen LogP contribution in [0.25, 0.3) is 17.0 Å². The van der Waals surface area contributed by atoms with Crippen LogP contribution in [-0.2, 0) is 11.2 Å². The van der Waals surface area contributed by atoms with Gasteiger partial charge in [0, 0.05) is 40.9 Å². The summed E-state index contributed by atoms with van der Waals surface area (Å²) in [5, 5.41) is 1.14. The summed E-state index contributed by atoms with van der Waals surface area (Å²) in [7, 11) is 0. The molecule has 3 atom stereocenters. The lowest BCUT2D eigenvalue weighted by molar-refractivity contribution is 0.0736. The number of hydrogen-bond acceptors (Lipinski definition) is 2. The van der Waals surface area contributed by atoms with Crippen molar-refractivity contribution in [1.29, 1.82) is 0 Å². The van der Waals surface area contributed by atoms with Crippen LogP contribution in [0.4, 0.5) is 8.78 Å². The zero-order valence-electron chi connectivity index (χ0n) is 17.3. The number of aromatic nitrogens is 1. The molecule has 0 amide bonds. The molecule has 1 aromatic heterocycles. The Labute approximate surface area is 175 Å². The lowest BCUT2D eigenvalue weighted by Crippen LogP contribution is -2.49. The van der Waals surface area contributed by atoms with Gasteiger partial charge in [0.2, 0.25) is 0 Å². The van der Waals surface area contributed by atoms with Crippen molar-refractivity contribution in [3.8, 4) is 0 Å². The average molecular weight is 408 g/mol. The van der Waals surface area contributed by atoms with Crippen molar-refractivity contribution in [3.05, 3.63) is 76.5 Å². The van der Waals surface area contributed by atoms with Gasteiger partial charge in [-0.1, -0.05) is 30.4 Å². The van der Waals surface area contributed by atoms with E-state index >= 15 is 8.78 Å². The van der Waals surface area contributed by atoms with Crippen molar-refractivity contribution >= 4 is 17.0 Å². The fourth-order valence-corrected chi connectivity index (χ4v) is 5.25. The Morgan fingerprint density at radius 3 is 2.63 bits per heavy atom. The van der Waals surface area contributed by atoms with E-state index in [0.29, 0.717) is 18.8 Å². The standard InChI is InChI=1S/C25H26F2N2O/c1-3-6-16-12-20(26)23(21(27)13-16)25-24-19(18-7-4-5-8-22(18)28-24)11-15(2)29(25)17-9-10-30-14-17/h3-8,12-13,15,17,25,28H,9-11,14H2,1-2H3/b6-3+/t15-,17-,25-/m1/s1. The number of benzene rings is 2. The first-order valence-corrected chi connectivity index (χ1v) is 10.6. The molecule has 2 aliphatic rings. The zero-order valence-corrected chi connectivity index (χ0v) is 17.3. The quantitative estimate of drug-likeness (QED) is 0.611. The minimum Gasteiger partial charge on any atom is -0.380 e. The Bertz CT molecular complexity index is 1090. The summed E-state index contributed by atoms with van der Waals surface area (Å²) in [6, 6.07) is 10.7. The molecule has 2 aromatic carbocycles. The highest BCUT2D eigenvalue weighted by Gasteiger charge is 2.42. The number of ether oxygens (including phenoxy) is 1. The molecule has 3 aromatic rings. The van der Waals surface area contributed by atoms with Crippen molar-refractivity contribution in [2.75, 3.05) is 13.2 Å². The lowest BCUT2D eigenvalue weighted by Gasteiger charge is -2.44. The number of hydrogen-bond donors (Lipinski definition) is 1. The summed E-state index contributed by atoms with van der Waals surface area (Å²) < 4.78 is 36.5. The smallest absolute Gasteiger partial charge is 0.131 e. The van der Waals surface area contributed by atoms with Crippen molar-refractivity contribution in [3.63, 3.8) is 0 Å². The number of para-hydroxylation sites is 1. The second-order valence-electron chi connectivity index (χ2n) is 8.38. The number of fused-ring (bicyclic) bond motifs is 3. The first kappa shape index (κ1) is 19.5. The summed E-state index contributed by atoms with van der Waals surface area (Å²) in [4.78, 5) is 5.77. The van der Waals surface area contributed by atoms with Gasteiger partial charge < -0.3 is 9.72 Å². The van der Waals surface area contributed by atoms with Crippen LogP contribution in [0.5, 0.6) is 0 Å². The van der Waals surface area contributed by atoms with Gasteiger partial charge >= 0.3 is 0 Å². The van der Waals surface area contributed by atoms with Gasteiger partial charge in [-0.2, -0.15) is 0 Å². The van der Waals surface area contributed by atoms with Crippen LogP contribution in [0, 0.1) is 11.6 Å². The first-order valence-electron chi connectivity index (χ1n) is 10.6. The molecular weight excluding hydrogens is 382 g/mol. The van der Waals surface area contributed by atoms with Crippen molar-refractivity contribution in [2.24, 2.45) is 0 Å². The van der Waals surface area contributed by atoms with Crippen LogP contribution < -0.4 is 0 Å². The van der Waals surface area contributed by atoms with Crippen LogP contribution in [0.1, 0.15) is 48.7 Å². The van der Waals surface area contributed by atoms with E-state index in [0.717, 1.165) is 35.0 Å². The number of nitrogens with zero attached hydrogens (tertiary/aromatic N) is 1.